The SMILES string of the molecule is Cc1nc2c(cc1Br)CCN2. The molecule has 0 bridgehead atoms. The molecule has 0 radical (unpaired) electrons. The van der Waals surface area contributed by atoms with Gasteiger partial charge in [0.15, 0.2) is 0 Å². The number of nitrogens with one attached hydrogen (secondary N) is 1. The highest BCUT2D eigenvalue weighted by molar-refractivity contribution is 9.10. The van der Waals surface area contributed by atoms with Gasteiger partial charge in [-0.2, -0.15) is 0 Å². The summed E-state index contributed by atoms with van der Waals surface area (Å²) in [5.74, 6) is 1.06. The van der Waals surface area contributed by atoms with Gasteiger partial charge >= 0.3 is 0 Å². The molecule has 0 spiro atoms. The van der Waals surface area contributed by atoms with Gasteiger partial charge in [-0.05, 0) is 40.9 Å². The van der Waals surface area contributed by atoms with Gasteiger partial charge in [0.05, 0.1) is 5.69 Å². The number of aryl methyl sites for hydroxylation is 1. The number of fused-ring (bicyclic) bond motifs is 1. The average molecular weight is 213 g/mol. The number of aromatic nitrogens is 1. The minimum Gasteiger partial charge on any atom is -0.370 e. The molecule has 0 saturated heterocycles. The molecule has 58 valence electrons. The molecule has 2 rings (SSSR count). The lowest BCUT2D eigenvalue weighted by atomic mass is 10.2. The summed E-state index contributed by atoms with van der Waals surface area (Å²) in [5.41, 5.74) is 2.38. The van der Waals surface area contributed by atoms with Gasteiger partial charge in [-0.3, -0.25) is 0 Å². The molecule has 11 heavy (non-hydrogen) atoms. The van der Waals surface area contributed by atoms with Crippen LogP contribution in [0.2, 0.25) is 0 Å². The van der Waals surface area contributed by atoms with E-state index in [0.29, 0.717) is 0 Å². The zero-order valence-electron chi connectivity index (χ0n) is 6.32. The maximum absolute atomic E-state index is 4.40. The largest absolute Gasteiger partial charge is 0.370 e. The fraction of sp³-hybridized carbons (Fsp3) is 0.375. The van der Waals surface area contributed by atoms with Crippen LogP contribution in [0.25, 0.3) is 0 Å². The topological polar surface area (TPSA) is 24.9 Å². The molecule has 2 nitrogen and oxygen atoms in total. The average Bonchev–Trinajstić information content (AvgIpc) is 2.36. The number of pyridine rings is 1. The fourth-order valence-corrected chi connectivity index (χ4v) is 1.64. The zero-order valence-corrected chi connectivity index (χ0v) is 7.90. The first-order valence-electron chi connectivity index (χ1n) is 3.67. The molecule has 0 atom stereocenters. The monoisotopic (exact) mass is 212 g/mol. The maximum atomic E-state index is 4.40. The lowest BCUT2D eigenvalue weighted by molar-refractivity contribution is 1.10. The summed E-state index contributed by atoms with van der Waals surface area (Å²) in [4.78, 5) is 4.40. The molecule has 0 amide bonds. The molecular formula is C8H9BrN2. The van der Waals surface area contributed by atoms with Crippen molar-refractivity contribution in [3.8, 4) is 0 Å². The second-order valence-corrected chi connectivity index (χ2v) is 3.59. The van der Waals surface area contributed by atoms with Crippen LogP contribution in [0.4, 0.5) is 5.82 Å². The normalized spacial score (nSPS) is 14.4. The summed E-state index contributed by atoms with van der Waals surface area (Å²) in [6, 6.07) is 2.15. The van der Waals surface area contributed by atoms with Crippen molar-refractivity contribution in [1.82, 2.24) is 4.98 Å². The van der Waals surface area contributed by atoms with Crippen LogP contribution in [-0.2, 0) is 6.42 Å². The molecule has 1 aromatic rings. The third-order valence-corrected chi connectivity index (χ3v) is 2.72. The zero-order chi connectivity index (χ0) is 7.84. The van der Waals surface area contributed by atoms with E-state index in [1.165, 1.54) is 5.56 Å². The Morgan fingerprint density at radius 2 is 2.45 bits per heavy atom. The first-order valence-corrected chi connectivity index (χ1v) is 4.46. The first kappa shape index (κ1) is 7.10. The van der Waals surface area contributed by atoms with Gasteiger partial charge in [0.2, 0.25) is 0 Å². The molecule has 3 heteroatoms. The van der Waals surface area contributed by atoms with E-state index in [1.54, 1.807) is 0 Å². The van der Waals surface area contributed by atoms with Crippen LogP contribution in [0, 0.1) is 6.92 Å². The van der Waals surface area contributed by atoms with Crippen molar-refractivity contribution in [2.45, 2.75) is 13.3 Å². The van der Waals surface area contributed by atoms with Gasteiger partial charge in [-0.15, -0.1) is 0 Å². The highest BCUT2D eigenvalue weighted by atomic mass is 79.9. The van der Waals surface area contributed by atoms with Crippen LogP contribution in [0.1, 0.15) is 11.3 Å². The molecule has 0 aliphatic carbocycles. The van der Waals surface area contributed by atoms with E-state index in [2.05, 4.69) is 32.3 Å². The van der Waals surface area contributed by atoms with E-state index in [1.807, 2.05) is 6.92 Å². The summed E-state index contributed by atoms with van der Waals surface area (Å²) in [6.45, 7) is 3.03. The van der Waals surface area contributed by atoms with Crippen LogP contribution in [0.15, 0.2) is 10.5 Å². The predicted octanol–water partition coefficient (Wildman–Crippen LogP) is 2.12. The van der Waals surface area contributed by atoms with Crippen molar-refractivity contribution in [2.75, 3.05) is 11.9 Å². The van der Waals surface area contributed by atoms with E-state index >= 15 is 0 Å². The van der Waals surface area contributed by atoms with Crippen LogP contribution in [0.3, 0.4) is 0 Å². The van der Waals surface area contributed by atoms with Crippen LogP contribution in [0.5, 0.6) is 0 Å². The Labute approximate surface area is 74.2 Å². The number of nitrogens with zero attached hydrogens (tertiary/aromatic N) is 1. The minimum absolute atomic E-state index is 1.03. The van der Waals surface area contributed by atoms with E-state index in [0.717, 1.165) is 29.0 Å². The smallest absolute Gasteiger partial charge is 0.129 e. The van der Waals surface area contributed by atoms with Crippen molar-refractivity contribution in [3.63, 3.8) is 0 Å². The lowest BCUT2D eigenvalue weighted by Crippen LogP contribution is -1.94. The third-order valence-electron chi connectivity index (χ3n) is 1.92. The predicted molar refractivity (Wildman–Crippen MR) is 48.9 cm³/mol. The van der Waals surface area contributed by atoms with Crippen LogP contribution in [-0.4, -0.2) is 11.5 Å². The van der Waals surface area contributed by atoms with Crippen molar-refractivity contribution < 1.29 is 0 Å². The molecule has 1 aromatic heterocycles. The summed E-state index contributed by atoms with van der Waals surface area (Å²) in [5, 5.41) is 3.24. The number of rotatable bonds is 0. The van der Waals surface area contributed by atoms with E-state index in [-0.39, 0.29) is 0 Å². The third kappa shape index (κ3) is 1.13. The highest BCUT2D eigenvalue weighted by Gasteiger charge is 2.12. The molecule has 1 aliphatic heterocycles. The van der Waals surface area contributed by atoms with Crippen molar-refractivity contribution in [3.05, 3.63) is 21.8 Å². The van der Waals surface area contributed by atoms with Gasteiger partial charge in [0, 0.05) is 11.0 Å². The molecule has 2 heterocycles. The highest BCUT2D eigenvalue weighted by Crippen LogP contribution is 2.25. The van der Waals surface area contributed by atoms with Gasteiger partial charge < -0.3 is 5.32 Å². The second-order valence-electron chi connectivity index (χ2n) is 2.74. The number of halogens is 1. The molecule has 0 fully saturated rings. The number of hydrogen-bond donors (Lipinski definition) is 1. The molecule has 0 saturated carbocycles. The Balaban J connectivity index is 2.57. The second kappa shape index (κ2) is 2.48. The summed E-state index contributed by atoms with van der Waals surface area (Å²) in [7, 11) is 0. The lowest BCUT2D eigenvalue weighted by Gasteiger charge is -2.01. The van der Waals surface area contributed by atoms with Crippen molar-refractivity contribution in [2.24, 2.45) is 0 Å². The van der Waals surface area contributed by atoms with Gasteiger partial charge in [-0.25, -0.2) is 4.98 Å². The fourth-order valence-electron chi connectivity index (χ4n) is 1.28. The standard InChI is InChI=1S/C8H9BrN2/c1-5-7(9)4-6-2-3-10-8(6)11-5/h4H,2-3H2,1H3,(H,10,11). The van der Waals surface area contributed by atoms with Gasteiger partial charge in [-0.1, -0.05) is 0 Å². The minimum atomic E-state index is 1.03. The van der Waals surface area contributed by atoms with Crippen LogP contribution < -0.4 is 5.32 Å². The van der Waals surface area contributed by atoms with Gasteiger partial charge in [0.1, 0.15) is 5.82 Å². The van der Waals surface area contributed by atoms with E-state index < -0.39 is 0 Å². The Kier molecular flexibility index (Phi) is 1.60. The van der Waals surface area contributed by atoms with E-state index in [4.69, 9.17) is 0 Å². The Morgan fingerprint density at radius 1 is 1.64 bits per heavy atom. The summed E-state index contributed by atoms with van der Waals surface area (Å²) in [6.07, 6.45) is 1.10. The Hall–Kier alpha value is -0.570. The quantitative estimate of drug-likeness (QED) is 0.713. The van der Waals surface area contributed by atoms with E-state index in [9.17, 15) is 0 Å². The number of anilines is 1. The molecule has 1 aliphatic rings. The Bertz CT molecular complexity index is 267. The number of hydrogen-bond acceptors (Lipinski definition) is 2. The van der Waals surface area contributed by atoms with Gasteiger partial charge in [0.25, 0.3) is 0 Å². The first-order chi connectivity index (χ1) is 5.27. The summed E-state index contributed by atoms with van der Waals surface area (Å²) >= 11 is 3.46. The molecule has 0 unspecified atom stereocenters. The molecule has 1 N–H and O–H groups in total. The maximum Gasteiger partial charge on any atom is 0.129 e. The molecular weight excluding hydrogens is 204 g/mol. The van der Waals surface area contributed by atoms with Crippen LogP contribution >= 0.6 is 15.9 Å². The van der Waals surface area contributed by atoms with Crippen molar-refractivity contribution >= 4 is 21.7 Å². The van der Waals surface area contributed by atoms with Crippen molar-refractivity contribution in [1.29, 1.82) is 0 Å². The molecule has 0 aromatic carbocycles. The summed E-state index contributed by atoms with van der Waals surface area (Å²) < 4.78 is 1.11. The Morgan fingerprint density at radius 3 is 3.27 bits per heavy atom.